The molecule has 0 bridgehead atoms. The lowest BCUT2D eigenvalue weighted by Crippen LogP contribution is -2.38. The first kappa shape index (κ1) is 13.1. The maximum Gasteiger partial charge on any atom is 0.0625 e. The summed E-state index contributed by atoms with van der Waals surface area (Å²) >= 11 is 0. The first-order valence-electron chi connectivity index (χ1n) is 7.67. The van der Waals surface area contributed by atoms with Crippen LogP contribution in [0, 0.1) is 11.8 Å². The summed E-state index contributed by atoms with van der Waals surface area (Å²) in [6.07, 6.45) is 4.94. The third-order valence-electron chi connectivity index (χ3n) is 5.00. The monoisotopic (exact) mass is 262 g/mol. The lowest BCUT2D eigenvalue weighted by atomic mass is 9.78. The van der Waals surface area contributed by atoms with Crippen molar-refractivity contribution < 1.29 is 0 Å². The highest BCUT2D eigenvalue weighted by atomic mass is 15.3. The van der Waals surface area contributed by atoms with Crippen molar-refractivity contribution in [3.05, 3.63) is 17.5 Å². The minimum atomic E-state index is 0.432. The summed E-state index contributed by atoms with van der Waals surface area (Å²) in [7, 11) is 2.06. The molecule has 2 heterocycles. The third-order valence-corrected chi connectivity index (χ3v) is 5.00. The Kier molecular flexibility index (Phi) is 3.63. The average molecular weight is 262 g/mol. The number of nitrogens with zero attached hydrogens (tertiary/aromatic N) is 3. The van der Waals surface area contributed by atoms with Gasteiger partial charge in [-0.1, -0.05) is 13.3 Å². The van der Waals surface area contributed by atoms with Crippen molar-refractivity contribution in [2.75, 3.05) is 13.1 Å². The molecule has 2 N–H and O–H groups in total. The van der Waals surface area contributed by atoms with Crippen molar-refractivity contribution in [3.8, 4) is 0 Å². The summed E-state index contributed by atoms with van der Waals surface area (Å²) in [4.78, 5) is 2.58. The van der Waals surface area contributed by atoms with Gasteiger partial charge >= 0.3 is 0 Å². The van der Waals surface area contributed by atoms with Crippen LogP contribution in [0.5, 0.6) is 0 Å². The Hall–Kier alpha value is -0.870. The van der Waals surface area contributed by atoms with Gasteiger partial charge in [-0.25, -0.2) is 0 Å². The number of aromatic nitrogens is 2. The Morgan fingerprint density at radius 3 is 2.89 bits per heavy atom. The number of nitrogens with two attached hydrogens (primary N) is 1. The van der Waals surface area contributed by atoms with Crippen molar-refractivity contribution in [1.29, 1.82) is 0 Å². The molecule has 106 valence electrons. The molecule has 2 aliphatic rings. The van der Waals surface area contributed by atoms with Gasteiger partial charge in [0.25, 0.3) is 0 Å². The van der Waals surface area contributed by atoms with Crippen LogP contribution in [0.25, 0.3) is 0 Å². The lowest BCUT2D eigenvalue weighted by molar-refractivity contribution is 0.259. The first-order valence-corrected chi connectivity index (χ1v) is 7.67. The van der Waals surface area contributed by atoms with Gasteiger partial charge in [0.2, 0.25) is 0 Å². The van der Waals surface area contributed by atoms with E-state index in [0.29, 0.717) is 6.04 Å². The molecular weight excluding hydrogens is 236 g/mol. The molecule has 3 rings (SSSR count). The Morgan fingerprint density at radius 2 is 2.21 bits per heavy atom. The van der Waals surface area contributed by atoms with Gasteiger partial charge < -0.3 is 5.73 Å². The van der Waals surface area contributed by atoms with Gasteiger partial charge in [-0.15, -0.1) is 0 Å². The standard InChI is InChI=1S/C15H26N4/c1-3-12-7-13(18(2)17-12)9-19-8-11-5-4-6-15(16)14(11)10-19/h7,11,14-15H,3-6,8-10,16H2,1-2H3. The molecule has 0 amide bonds. The SMILES string of the molecule is CCc1cc(CN2CC3CCCC(N)C3C2)n(C)n1. The minimum Gasteiger partial charge on any atom is -0.327 e. The van der Waals surface area contributed by atoms with Gasteiger partial charge in [0.15, 0.2) is 0 Å². The number of rotatable bonds is 3. The number of hydrogen-bond donors (Lipinski definition) is 1. The molecular formula is C15H26N4. The molecule has 1 aliphatic heterocycles. The van der Waals surface area contributed by atoms with Crippen LogP contribution < -0.4 is 5.73 Å². The molecule has 4 nitrogen and oxygen atoms in total. The molecule has 0 spiro atoms. The van der Waals surface area contributed by atoms with Gasteiger partial charge in [0.1, 0.15) is 0 Å². The summed E-state index contributed by atoms with van der Waals surface area (Å²) < 4.78 is 2.04. The van der Waals surface area contributed by atoms with E-state index in [1.54, 1.807) is 0 Å². The smallest absolute Gasteiger partial charge is 0.0625 e. The van der Waals surface area contributed by atoms with E-state index in [2.05, 4.69) is 30.0 Å². The summed E-state index contributed by atoms with van der Waals surface area (Å²) in [6.45, 7) is 5.60. The van der Waals surface area contributed by atoms with Crippen LogP contribution in [0.15, 0.2) is 6.07 Å². The number of aryl methyl sites for hydroxylation is 2. The largest absolute Gasteiger partial charge is 0.327 e. The predicted octanol–water partition coefficient (Wildman–Crippen LogP) is 1.54. The molecule has 3 unspecified atom stereocenters. The van der Waals surface area contributed by atoms with E-state index >= 15 is 0 Å². The highest BCUT2D eigenvalue weighted by Crippen LogP contribution is 2.36. The lowest BCUT2D eigenvalue weighted by Gasteiger charge is -2.29. The van der Waals surface area contributed by atoms with E-state index in [1.807, 2.05) is 4.68 Å². The molecule has 1 saturated heterocycles. The molecule has 1 aromatic rings. The van der Waals surface area contributed by atoms with Gasteiger partial charge in [-0.2, -0.15) is 5.10 Å². The van der Waals surface area contributed by atoms with Crippen molar-refractivity contribution in [2.24, 2.45) is 24.6 Å². The van der Waals surface area contributed by atoms with E-state index in [0.717, 1.165) is 24.8 Å². The first-order chi connectivity index (χ1) is 9.17. The van der Waals surface area contributed by atoms with E-state index < -0.39 is 0 Å². The minimum absolute atomic E-state index is 0.432. The Morgan fingerprint density at radius 1 is 1.37 bits per heavy atom. The molecule has 0 radical (unpaired) electrons. The highest BCUT2D eigenvalue weighted by molar-refractivity contribution is 5.10. The highest BCUT2D eigenvalue weighted by Gasteiger charge is 2.38. The normalized spacial score (nSPS) is 31.6. The molecule has 1 aromatic heterocycles. The number of likely N-dealkylation sites (tertiary alicyclic amines) is 1. The van der Waals surface area contributed by atoms with E-state index in [-0.39, 0.29) is 0 Å². The quantitative estimate of drug-likeness (QED) is 0.899. The van der Waals surface area contributed by atoms with Gasteiger partial charge in [0.05, 0.1) is 11.4 Å². The van der Waals surface area contributed by atoms with Gasteiger partial charge in [-0.3, -0.25) is 9.58 Å². The number of hydrogen-bond acceptors (Lipinski definition) is 3. The second kappa shape index (κ2) is 5.25. The Labute approximate surface area is 116 Å². The summed E-state index contributed by atoms with van der Waals surface area (Å²) in [6, 6.07) is 2.68. The maximum atomic E-state index is 6.29. The van der Waals surface area contributed by atoms with Crippen LogP contribution >= 0.6 is 0 Å². The summed E-state index contributed by atoms with van der Waals surface area (Å²) in [5, 5.41) is 4.54. The molecule has 4 heteroatoms. The Balaban J connectivity index is 1.66. The molecule has 3 atom stereocenters. The van der Waals surface area contributed by atoms with Crippen molar-refractivity contribution in [3.63, 3.8) is 0 Å². The molecule has 2 fully saturated rings. The van der Waals surface area contributed by atoms with Crippen molar-refractivity contribution in [1.82, 2.24) is 14.7 Å². The molecule has 1 saturated carbocycles. The fraction of sp³-hybridized carbons (Fsp3) is 0.800. The van der Waals surface area contributed by atoms with Crippen LogP contribution in [0.2, 0.25) is 0 Å². The topological polar surface area (TPSA) is 47.1 Å². The van der Waals surface area contributed by atoms with Gasteiger partial charge in [-0.05, 0) is 37.2 Å². The second-order valence-corrected chi connectivity index (χ2v) is 6.32. The number of fused-ring (bicyclic) bond motifs is 1. The van der Waals surface area contributed by atoms with Crippen LogP contribution in [-0.2, 0) is 20.0 Å². The summed E-state index contributed by atoms with van der Waals surface area (Å²) in [5.41, 5.74) is 8.82. The zero-order valence-corrected chi connectivity index (χ0v) is 12.2. The van der Waals surface area contributed by atoms with Crippen molar-refractivity contribution >= 4 is 0 Å². The van der Waals surface area contributed by atoms with Crippen LogP contribution in [0.4, 0.5) is 0 Å². The average Bonchev–Trinajstić information content (AvgIpc) is 2.95. The zero-order chi connectivity index (χ0) is 13.4. The van der Waals surface area contributed by atoms with E-state index in [4.69, 9.17) is 5.73 Å². The van der Waals surface area contributed by atoms with E-state index in [9.17, 15) is 0 Å². The zero-order valence-electron chi connectivity index (χ0n) is 12.2. The maximum absolute atomic E-state index is 6.29. The van der Waals surface area contributed by atoms with Gasteiger partial charge in [0, 0.05) is 32.7 Å². The van der Waals surface area contributed by atoms with Crippen LogP contribution in [0.3, 0.4) is 0 Å². The van der Waals surface area contributed by atoms with Crippen LogP contribution in [-0.4, -0.2) is 33.8 Å². The van der Waals surface area contributed by atoms with Crippen molar-refractivity contribution in [2.45, 2.75) is 45.2 Å². The predicted molar refractivity (Wildman–Crippen MR) is 76.7 cm³/mol. The van der Waals surface area contributed by atoms with E-state index in [1.165, 1.54) is 43.7 Å². The summed E-state index contributed by atoms with van der Waals surface area (Å²) in [5.74, 6) is 1.57. The fourth-order valence-corrected chi connectivity index (χ4v) is 3.86. The third kappa shape index (κ3) is 2.56. The Bertz CT molecular complexity index is 439. The molecule has 1 aliphatic carbocycles. The fourth-order valence-electron chi connectivity index (χ4n) is 3.86. The molecule has 19 heavy (non-hydrogen) atoms. The second-order valence-electron chi connectivity index (χ2n) is 6.32. The molecule has 0 aromatic carbocycles. The van der Waals surface area contributed by atoms with Crippen LogP contribution in [0.1, 0.15) is 37.6 Å².